The molecule has 1 saturated carbocycles. The van der Waals surface area contributed by atoms with Crippen molar-refractivity contribution in [1.82, 2.24) is 10.2 Å². The van der Waals surface area contributed by atoms with E-state index in [4.69, 9.17) is 0 Å². The summed E-state index contributed by atoms with van der Waals surface area (Å²) < 4.78 is 0. The first kappa shape index (κ1) is 15.5. The van der Waals surface area contributed by atoms with Gasteiger partial charge in [0.25, 0.3) is 0 Å². The van der Waals surface area contributed by atoms with Crippen molar-refractivity contribution in [3.05, 3.63) is 35.4 Å². The van der Waals surface area contributed by atoms with Crippen molar-refractivity contribution in [2.24, 2.45) is 5.92 Å². The maximum absolute atomic E-state index is 13.0. The summed E-state index contributed by atoms with van der Waals surface area (Å²) in [6.07, 6.45) is 6.12. The molecule has 0 bridgehead atoms. The lowest BCUT2D eigenvalue weighted by molar-refractivity contribution is -0.131. The van der Waals surface area contributed by atoms with Gasteiger partial charge in [0.15, 0.2) is 0 Å². The normalized spacial score (nSPS) is 25.2. The first-order valence-corrected chi connectivity index (χ1v) is 10.1. The number of benzene rings is 1. The number of carbonyl (C=O) groups is 1. The summed E-state index contributed by atoms with van der Waals surface area (Å²) in [6, 6.07) is 9.11. The van der Waals surface area contributed by atoms with Crippen LogP contribution in [-0.4, -0.2) is 42.2 Å². The molecule has 1 amide bonds. The Balaban J connectivity index is 1.35. The zero-order chi connectivity index (χ0) is 15.6. The highest BCUT2D eigenvalue weighted by Gasteiger charge is 2.32. The molecule has 0 aromatic heterocycles. The van der Waals surface area contributed by atoms with Crippen LogP contribution in [0.2, 0.25) is 0 Å². The standard InChI is InChI=1S/C19H26N2OS/c22-19(18-17-4-2-1-3-15(17)9-12-23-18)21-10-7-16(8-11-21)20-13-14-5-6-14/h1-4,14,16,18,20H,5-13H2. The number of aryl methyl sites for hydroxylation is 1. The molecule has 1 aliphatic carbocycles. The zero-order valence-corrected chi connectivity index (χ0v) is 14.5. The van der Waals surface area contributed by atoms with Gasteiger partial charge in [-0.1, -0.05) is 24.3 Å². The third kappa shape index (κ3) is 3.58. The largest absolute Gasteiger partial charge is 0.341 e. The quantitative estimate of drug-likeness (QED) is 0.921. The Morgan fingerprint density at radius 1 is 1.17 bits per heavy atom. The van der Waals surface area contributed by atoms with Crippen LogP contribution in [0.3, 0.4) is 0 Å². The van der Waals surface area contributed by atoms with Crippen LogP contribution in [0.25, 0.3) is 0 Å². The highest BCUT2D eigenvalue weighted by atomic mass is 32.2. The number of likely N-dealkylation sites (tertiary alicyclic amines) is 1. The summed E-state index contributed by atoms with van der Waals surface area (Å²) in [4.78, 5) is 15.1. The van der Waals surface area contributed by atoms with E-state index in [0.29, 0.717) is 11.9 Å². The van der Waals surface area contributed by atoms with E-state index in [0.717, 1.165) is 44.0 Å². The van der Waals surface area contributed by atoms with Gasteiger partial charge >= 0.3 is 0 Å². The summed E-state index contributed by atoms with van der Waals surface area (Å²) in [7, 11) is 0. The van der Waals surface area contributed by atoms with Crippen LogP contribution < -0.4 is 5.32 Å². The minimum absolute atomic E-state index is 0.0240. The van der Waals surface area contributed by atoms with Gasteiger partial charge < -0.3 is 10.2 Å². The van der Waals surface area contributed by atoms with Crippen molar-refractivity contribution in [1.29, 1.82) is 0 Å². The van der Waals surface area contributed by atoms with Gasteiger partial charge in [-0.2, -0.15) is 0 Å². The molecule has 1 aromatic rings. The first-order valence-electron chi connectivity index (χ1n) is 9.03. The van der Waals surface area contributed by atoms with Crippen LogP contribution in [0.15, 0.2) is 24.3 Å². The molecule has 1 unspecified atom stereocenters. The Hall–Kier alpha value is -1.00. The number of carbonyl (C=O) groups excluding carboxylic acids is 1. The van der Waals surface area contributed by atoms with Crippen LogP contribution >= 0.6 is 11.8 Å². The highest BCUT2D eigenvalue weighted by molar-refractivity contribution is 8.00. The third-order valence-electron chi connectivity index (χ3n) is 5.42. The molecule has 3 aliphatic rings. The second kappa shape index (κ2) is 6.86. The molecule has 124 valence electrons. The topological polar surface area (TPSA) is 32.3 Å². The lowest BCUT2D eigenvalue weighted by Crippen LogP contribution is -2.46. The second-order valence-corrected chi connectivity index (χ2v) is 8.36. The highest BCUT2D eigenvalue weighted by Crippen LogP contribution is 2.38. The van der Waals surface area contributed by atoms with Crippen molar-refractivity contribution < 1.29 is 4.79 Å². The van der Waals surface area contributed by atoms with Crippen molar-refractivity contribution in [2.45, 2.75) is 43.4 Å². The molecule has 2 heterocycles. The van der Waals surface area contributed by atoms with E-state index in [9.17, 15) is 4.79 Å². The number of hydrogen-bond donors (Lipinski definition) is 1. The minimum Gasteiger partial charge on any atom is -0.341 e. The molecular formula is C19H26N2OS. The predicted octanol–water partition coefficient (Wildman–Crippen LogP) is 3.01. The molecule has 1 atom stereocenters. The van der Waals surface area contributed by atoms with Gasteiger partial charge in [-0.25, -0.2) is 0 Å². The maximum Gasteiger partial charge on any atom is 0.240 e. The number of nitrogens with zero attached hydrogens (tertiary/aromatic N) is 1. The molecule has 2 aliphatic heterocycles. The SMILES string of the molecule is O=C(C1SCCc2ccccc21)N1CCC(NCC2CC2)CC1. The lowest BCUT2D eigenvalue weighted by Gasteiger charge is -2.36. The number of thioether (sulfide) groups is 1. The molecule has 4 heteroatoms. The van der Waals surface area contributed by atoms with Gasteiger partial charge in [0, 0.05) is 19.1 Å². The minimum atomic E-state index is 0.0240. The summed E-state index contributed by atoms with van der Waals surface area (Å²) in [6.45, 7) is 3.02. The average molecular weight is 330 g/mol. The molecule has 23 heavy (non-hydrogen) atoms. The Kier molecular flexibility index (Phi) is 4.63. The van der Waals surface area contributed by atoms with E-state index >= 15 is 0 Å². The van der Waals surface area contributed by atoms with Crippen molar-refractivity contribution >= 4 is 17.7 Å². The van der Waals surface area contributed by atoms with Gasteiger partial charge in [-0.15, -0.1) is 11.8 Å². The Bertz CT molecular complexity index is 564. The number of amides is 1. The van der Waals surface area contributed by atoms with Crippen LogP contribution in [0.1, 0.15) is 42.1 Å². The number of hydrogen-bond acceptors (Lipinski definition) is 3. The Labute approximate surface area is 143 Å². The first-order chi connectivity index (χ1) is 11.3. The van der Waals surface area contributed by atoms with E-state index in [-0.39, 0.29) is 5.25 Å². The maximum atomic E-state index is 13.0. The van der Waals surface area contributed by atoms with Crippen molar-refractivity contribution in [3.8, 4) is 0 Å². The lowest BCUT2D eigenvalue weighted by atomic mass is 9.99. The Morgan fingerprint density at radius 2 is 1.96 bits per heavy atom. The van der Waals surface area contributed by atoms with Crippen LogP contribution in [0.5, 0.6) is 0 Å². The molecule has 4 rings (SSSR count). The fraction of sp³-hybridized carbons (Fsp3) is 0.632. The van der Waals surface area contributed by atoms with E-state index < -0.39 is 0 Å². The molecule has 0 radical (unpaired) electrons. The number of piperidine rings is 1. The van der Waals surface area contributed by atoms with E-state index in [1.54, 1.807) is 0 Å². The predicted molar refractivity (Wildman–Crippen MR) is 95.7 cm³/mol. The molecule has 1 saturated heterocycles. The van der Waals surface area contributed by atoms with Gasteiger partial charge in [-0.3, -0.25) is 4.79 Å². The monoisotopic (exact) mass is 330 g/mol. The summed E-state index contributed by atoms with van der Waals surface area (Å²) in [5.74, 6) is 2.33. The van der Waals surface area contributed by atoms with Gasteiger partial charge in [-0.05, 0) is 61.4 Å². The fourth-order valence-electron chi connectivity index (χ4n) is 3.72. The molecule has 3 nitrogen and oxygen atoms in total. The third-order valence-corrected chi connectivity index (χ3v) is 6.65. The van der Waals surface area contributed by atoms with Crippen LogP contribution in [-0.2, 0) is 11.2 Å². The van der Waals surface area contributed by atoms with Crippen molar-refractivity contribution in [2.75, 3.05) is 25.4 Å². The molecule has 1 N–H and O–H groups in total. The summed E-state index contributed by atoms with van der Waals surface area (Å²) in [5, 5.41) is 3.72. The number of nitrogens with one attached hydrogen (secondary N) is 1. The average Bonchev–Trinajstić information content (AvgIpc) is 3.44. The van der Waals surface area contributed by atoms with Gasteiger partial charge in [0.1, 0.15) is 5.25 Å². The van der Waals surface area contributed by atoms with Crippen molar-refractivity contribution in [3.63, 3.8) is 0 Å². The Morgan fingerprint density at radius 3 is 2.74 bits per heavy atom. The van der Waals surface area contributed by atoms with Crippen LogP contribution in [0, 0.1) is 5.92 Å². The van der Waals surface area contributed by atoms with Gasteiger partial charge in [0.2, 0.25) is 5.91 Å². The summed E-state index contributed by atoms with van der Waals surface area (Å²) >= 11 is 1.82. The summed E-state index contributed by atoms with van der Waals surface area (Å²) in [5.41, 5.74) is 2.62. The molecule has 1 aromatic carbocycles. The number of rotatable bonds is 4. The van der Waals surface area contributed by atoms with E-state index in [1.165, 1.54) is 30.5 Å². The molecule has 0 spiro atoms. The van der Waals surface area contributed by atoms with E-state index in [1.807, 2.05) is 11.8 Å². The van der Waals surface area contributed by atoms with E-state index in [2.05, 4.69) is 34.5 Å². The zero-order valence-electron chi connectivity index (χ0n) is 13.7. The smallest absolute Gasteiger partial charge is 0.240 e. The molecular weight excluding hydrogens is 304 g/mol. The number of fused-ring (bicyclic) bond motifs is 1. The molecule has 2 fully saturated rings. The second-order valence-electron chi connectivity index (χ2n) is 7.15. The van der Waals surface area contributed by atoms with Crippen LogP contribution in [0.4, 0.5) is 0 Å². The van der Waals surface area contributed by atoms with Gasteiger partial charge in [0.05, 0.1) is 0 Å². The fourth-order valence-corrected chi connectivity index (χ4v) is 5.00.